The van der Waals surface area contributed by atoms with Gasteiger partial charge in [-0.2, -0.15) is 16.9 Å². The summed E-state index contributed by atoms with van der Waals surface area (Å²) >= 11 is 1.95. The zero-order chi connectivity index (χ0) is 11.0. The van der Waals surface area contributed by atoms with E-state index in [9.17, 15) is 0 Å². The lowest BCUT2D eigenvalue weighted by Gasteiger charge is -2.25. The van der Waals surface area contributed by atoms with Gasteiger partial charge in [0, 0.05) is 30.2 Å². The monoisotopic (exact) mass is 239 g/mol. The van der Waals surface area contributed by atoms with Gasteiger partial charge in [0.05, 0.1) is 6.04 Å². The number of fused-ring (bicyclic) bond motifs is 1. The Labute approximate surface area is 99.5 Å². The van der Waals surface area contributed by atoms with E-state index in [1.54, 1.807) is 0 Å². The van der Waals surface area contributed by atoms with E-state index >= 15 is 0 Å². The number of rotatable bonds is 1. The summed E-state index contributed by atoms with van der Waals surface area (Å²) in [5.41, 5.74) is 8.65. The number of thioether (sulfide) groups is 1. The summed E-state index contributed by atoms with van der Waals surface area (Å²) in [6, 6.07) is 0.503. The van der Waals surface area contributed by atoms with Crippen LogP contribution < -0.4 is 5.73 Å². The minimum atomic E-state index is 0.503. The van der Waals surface area contributed by atoms with Crippen LogP contribution in [0, 0.1) is 0 Å². The Morgan fingerprint density at radius 1 is 1.38 bits per heavy atom. The van der Waals surface area contributed by atoms with Gasteiger partial charge in [-0.15, -0.1) is 0 Å². The molecule has 0 atom stereocenters. The van der Waals surface area contributed by atoms with E-state index < -0.39 is 0 Å². The van der Waals surface area contributed by atoms with Crippen LogP contribution in [0.15, 0.2) is 0 Å². The zero-order valence-corrected chi connectivity index (χ0v) is 10.1. The summed E-state index contributed by atoms with van der Waals surface area (Å²) in [6.07, 6.45) is 3.25. The Bertz CT molecular complexity index is 385. The maximum absolute atomic E-state index is 5.99. The van der Waals surface area contributed by atoms with Crippen molar-refractivity contribution in [3.8, 4) is 0 Å². The van der Waals surface area contributed by atoms with Gasteiger partial charge in [-0.25, -0.2) is 0 Å². The Kier molecular flexibility index (Phi) is 2.81. The zero-order valence-electron chi connectivity index (χ0n) is 9.32. The quantitative estimate of drug-likeness (QED) is 0.809. The van der Waals surface area contributed by atoms with Crippen molar-refractivity contribution < 1.29 is 4.74 Å². The van der Waals surface area contributed by atoms with Crippen LogP contribution >= 0.6 is 11.8 Å². The normalized spacial score (nSPS) is 22.0. The van der Waals surface area contributed by atoms with E-state index in [0.717, 1.165) is 44.0 Å². The highest BCUT2D eigenvalue weighted by molar-refractivity contribution is 7.98. The van der Waals surface area contributed by atoms with Crippen LogP contribution in [0.5, 0.6) is 0 Å². The topological polar surface area (TPSA) is 53.1 Å². The summed E-state index contributed by atoms with van der Waals surface area (Å²) in [4.78, 5) is 0. The highest BCUT2D eigenvalue weighted by Crippen LogP contribution is 2.32. The predicted octanol–water partition coefficient (Wildman–Crippen LogP) is 1.61. The molecule has 1 aromatic rings. The van der Waals surface area contributed by atoms with Gasteiger partial charge in [-0.1, -0.05) is 0 Å². The second-order valence-corrected chi connectivity index (χ2v) is 5.51. The molecule has 5 heteroatoms. The molecule has 0 aromatic carbocycles. The lowest BCUT2D eigenvalue weighted by atomic mass is 10.1. The molecule has 0 amide bonds. The lowest BCUT2D eigenvalue weighted by Crippen LogP contribution is -2.23. The van der Waals surface area contributed by atoms with Crippen LogP contribution in [0.3, 0.4) is 0 Å². The predicted molar refractivity (Wildman–Crippen MR) is 65.6 cm³/mol. The van der Waals surface area contributed by atoms with E-state index in [-0.39, 0.29) is 0 Å². The SMILES string of the molecule is Nc1nn(C2CCOCC2)c2c1CSCC2. The number of nitrogens with two attached hydrogens (primary N) is 1. The lowest BCUT2D eigenvalue weighted by molar-refractivity contribution is 0.0655. The number of anilines is 1. The van der Waals surface area contributed by atoms with Crippen LogP contribution in [0.2, 0.25) is 0 Å². The third-order valence-corrected chi connectivity index (χ3v) is 4.40. The van der Waals surface area contributed by atoms with Gasteiger partial charge in [-0.3, -0.25) is 4.68 Å². The molecule has 0 radical (unpaired) electrons. The molecule has 3 rings (SSSR count). The molecular weight excluding hydrogens is 222 g/mol. The fourth-order valence-corrected chi connectivity index (χ4v) is 3.52. The van der Waals surface area contributed by atoms with Crippen LogP contribution in [-0.4, -0.2) is 28.7 Å². The molecule has 88 valence electrons. The minimum Gasteiger partial charge on any atom is -0.382 e. The molecule has 0 spiro atoms. The van der Waals surface area contributed by atoms with Crippen molar-refractivity contribution in [1.82, 2.24) is 9.78 Å². The van der Waals surface area contributed by atoms with Gasteiger partial charge in [0.2, 0.25) is 0 Å². The molecule has 2 N–H and O–H groups in total. The molecule has 0 unspecified atom stereocenters. The van der Waals surface area contributed by atoms with Gasteiger partial charge in [0.25, 0.3) is 0 Å². The molecule has 0 saturated carbocycles. The van der Waals surface area contributed by atoms with Crippen LogP contribution in [0.25, 0.3) is 0 Å². The molecule has 3 heterocycles. The van der Waals surface area contributed by atoms with Crippen molar-refractivity contribution >= 4 is 17.6 Å². The second kappa shape index (κ2) is 4.30. The minimum absolute atomic E-state index is 0.503. The Morgan fingerprint density at radius 2 is 2.19 bits per heavy atom. The average Bonchev–Trinajstić information content (AvgIpc) is 2.69. The molecular formula is C11H17N3OS. The molecule has 0 aliphatic carbocycles. The summed E-state index contributed by atoms with van der Waals surface area (Å²) < 4.78 is 7.58. The smallest absolute Gasteiger partial charge is 0.149 e. The first-order chi connectivity index (χ1) is 7.86. The first-order valence-corrected chi connectivity index (χ1v) is 7.03. The van der Waals surface area contributed by atoms with E-state index in [0.29, 0.717) is 6.04 Å². The second-order valence-electron chi connectivity index (χ2n) is 4.40. The molecule has 4 nitrogen and oxygen atoms in total. The Balaban J connectivity index is 1.93. The third kappa shape index (κ3) is 1.72. The molecule has 2 aliphatic heterocycles. The molecule has 16 heavy (non-hydrogen) atoms. The Hall–Kier alpha value is -0.680. The Morgan fingerprint density at radius 3 is 3.00 bits per heavy atom. The number of aromatic nitrogens is 2. The van der Waals surface area contributed by atoms with Crippen LogP contribution in [0.1, 0.15) is 30.1 Å². The molecule has 2 aliphatic rings. The average molecular weight is 239 g/mol. The van der Waals surface area contributed by atoms with E-state index in [4.69, 9.17) is 10.5 Å². The first-order valence-electron chi connectivity index (χ1n) is 5.87. The highest BCUT2D eigenvalue weighted by atomic mass is 32.2. The van der Waals surface area contributed by atoms with Crippen LogP contribution in [-0.2, 0) is 16.9 Å². The summed E-state index contributed by atoms with van der Waals surface area (Å²) in [5.74, 6) is 2.97. The number of nitrogen functional groups attached to an aromatic ring is 1. The summed E-state index contributed by atoms with van der Waals surface area (Å²) in [7, 11) is 0. The number of hydrogen-bond acceptors (Lipinski definition) is 4. The number of nitrogens with zero attached hydrogens (tertiary/aromatic N) is 2. The van der Waals surface area contributed by atoms with Crippen molar-refractivity contribution in [2.24, 2.45) is 0 Å². The highest BCUT2D eigenvalue weighted by Gasteiger charge is 2.25. The van der Waals surface area contributed by atoms with Gasteiger partial charge in [0.1, 0.15) is 5.82 Å². The fraction of sp³-hybridized carbons (Fsp3) is 0.727. The van der Waals surface area contributed by atoms with Gasteiger partial charge in [0.15, 0.2) is 0 Å². The maximum Gasteiger partial charge on any atom is 0.149 e. The van der Waals surface area contributed by atoms with Crippen LogP contribution in [0.4, 0.5) is 5.82 Å². The first kappa shape index (κ1) is 10.5. The number of hydrogen-bond donors (Lipinski definition) is 1. The molecule has 1 fully saturated rings. The fourth-order valence-electron chi connectivity index (χ4n) is 2.52. The molecule has 1 saturated heterocycles. The molecule has 1 aromatic heterocycles. The van der Waals surface area contributed by atoms with Crippen molar-refractivity contribution in [2.75, 3.05) is 24.7 Å². The largest absolute Gasteiger partial charge is 0.382 e. The van der Waals surface area contributed by atoms with Gasteiger partial charge < -0.3 is 10.5 Å². The maximum atomic E-state index is 5.99. The van der Waals surface area contributed by atoms with Crippen molar-refractivity contribution in [3.05, 3.63) is 11.3 Å². The molecule has 0 bridgehead atoms. The third-order valence-electron chi connectivity index (χ3n) is 3.42. The standard InChI is InChI=1S/C11H17N3OS/c12-11-9-7-16-6-3-10(9)14(13-11)8-1-4-15-5-2-8/h8H,1-7H2,(H2,12,13). The van der Waals surface area contributed by atoms with Crippen molar-refractivity contribution in [1.29, 1.82) is 0 Å². The van der Waals surface area contributed by atoms with Gasteiger partial charge in [-0.05, 0) is 25.0 Å². The van der Waals surface area contributed by atoms with E-state index in [1.165, 1.54) is 17.0 Å². The number of ether oxygens (including phenoxy) is 1. The van der Waals surface area contributed by atoms with E-state index in [2.05, 4.69) is 9.78 Å². The van der Waals surface area contributed by atoms with Crippen molar-refractivity contribution in [2.45, 2.75) is 31.1 Å². The van der Waals surface area contributed by atoms with Gasteiger partial charge >= 0.3 is 0 Å². The van der Waals surface area contributed by atoms with Crippen molar-refractivity contribution in [3.63, 3.8) is 0 Å². The summed E-state index contributed by atoms with van der Waals surface area (Å²) in [6.45, 7) is 1.71. The summed E-state index contributed by atoms with van der Waals surface area (Å²) in [5, 5.41) is 4.54. The van der Waals surface area contributed by atoms with E-state index in [1.807, 2.05) is 11.8 Å².